The quantitative estimate of drug-likeness (QED) is 0.783. The topological polar surface area (TPSA) is 40.6 Å². The van der Waals surface area contributed by atoms with Crippen molar-refractivity contribution in [3.8, 4) is 0 Å². The van der Waals surface area contributed by atoms with Crippen molar-refractivity contribution in [2.45, 2.75) is 64.0 Å². The third-order valence-electron chi connectivity index (χ3n) is 6.10. The van der Waals surface area contributed by atoms with Gasteiger partial charge in [-0.05, 0) is 57.2 Å². The zero-order valence-electron chi connectivity index (χ0n) is 14.4. The Morgan fingerprint density at radius 3 is 2.46 bits per heavy atom. The van der Waals surface area contributed by atoms with Crippen LogP contribution in [0.4, 0.5) is 5.69 Å². The zero-order valence-corrected chi connectivity index (χ0v) is 14.4. The lowest BCUT2D eigenvalue weighted by Gasteiger charge is -2.46. The molecule has 4 heteroatoms. The lowest BCUT2D eigenvalue weighted by molar-refractivity contribution is -0.124. The summed E-state index contributed by atoms with van der Waals surface area (Å²) in [5.74, 6) is 0.658. The predicted molar refractivity (Wildman–Crippen MR) is 93.8 cm³/mol. The largest absolute Gasteiger partial charge is 0.288 e. The molecule has 1 aromatic carbocycles. The SMILES string of the molecule is Cc1ccc(N2C(=O)C[C@@H](N3CCC[C@H]4CCCC[C@@H]43)C2=O)cc1. The average Bonchev–Trinajstić information content (AvgIpc) is 2.90. The number of hydrogen-bond acceptors (Lipinski definition) is 3. The van der Waals surface area contributed by atoms with E-state index < -0.39 is 0 Å². The molecule has 2 aliphatic heterocycles. The first kappa shape index (κ1) is 15.8. The summed E-state index contributed by atoms with van der Waals surface area (Å²) < 4.78 is 0. The molecule has 0 unspecified atom stereocenters. The number of hydrogen-bond donors (Lipinski definition) is 0. The maximum atomic E-state index is 13.0. The van der Waals surface area contributed by atoms with E-state index in [-0.39, 0.29) is 17.9 Å². The van der Waals surface area contributed by atoms with Crippen molar-refractivity contribution >= 4 is 17.5 Å². The lowest BCUT2D eigenvalue weighted by Crippen LogP contribution is -2.54. The van der Waals surface area contributed by atoms with Crippen molar-refractivity contribution in [2.24, 2.45) is 5.92 Å². The van der Waals surface area contributed by atoms with Crippen LogP contribution in [0, 0.1) is 12.8 Å². The molecular formula is C20H26N2O2. The summed E-state index contributed by atoms with van der Waals surface area (Å²) >= 11 is 0. The minimum atomic E-state index is -0.246. The van der Waals surface area contributed by atoms with Gasteiger partial charge in [0.25, 0.3) is 5.91 Å². The molecule has 128 valence electrons. The van der Waals surface area contributed by atoms with Gasteiger partial charge < -0.3 is 0 Å². The number of carbonyl (C=O) groups excluding carboxylic acids is 2. The third-order valence-corrected chi connectivity index (χ3v) is 6.10. The highest BCUT2D eigenvalue weighted by molar-refractivity contribution is 6.22. The van der Waals surface area contributed by atoms with Gasteiger partial charge in [0.2, 0.25) is 5.91 Å². The van der Waals surface area contributed by atoms with Gasteiger partial charge in [-0.1, -0.05) is 30.5 Å². The van der Waals surface area contributed by atoms with E-state index in [0.717, 1.165) is 30.1 Å². The van der Waals surface area contributed by atoms with Gasteiger partial charge in [0.05, 0.1) is 18.2 Å². The molecule has 2 saturated heterocycles. The summed E-state index contributed by atoms with van der Waals surface area (Å²) in [5, 5.41) is 0. The number of anilines is 1. The molecule has 3 fully saturated rings. The van der Waals surface area contributed by atoms with Crippen LogP contribution in [-0.4, -0.2) is 35.3 Å². The lowest BCUT2D eigenvalue weighted by atomic mass is 9.77. The molecule has 0 N–H and O–H groups in total. The fourth-order valence-corrected chi connectivity index (χ4v) is 4.89. The number of likely N-dealkylation sites (tertiary alicyclic amines) is 1. The highest BCUT2D eigenvalue weighted by atomic mass is 16.2. The summed E-state index contributed by atoms with van der Waals surface area (Å²) in [6.07, 6.45) is 7.85. The van der Waals surface area contributed by atoms with E-state index in [4.69, 9.17) is 0 Å². The molecule has 1 aromatic rings. The number of imide groups is 1. The van der Waals surface area contributed by atoms with Crippen LogP contribution in [0.3, 0.4) is 0 Å². The van der Waals surface area contributed by atoms with Gasteiger partial charge in [0.15, 0.2) is 0 Å². The molecule has 24 heavy (non-hydrogen) atoms. The van der Waals surface area contributed by atoms with E-state index in [0.29, 0.717) is 12.5 Å². The van der Waals surface area contributed by atoms with E-state index in [1.54, 1.807) is 0 Å². The number of amides is 2. The predicted octanol–water partition coefficient (Wildman–Crippen LogP) is 3.28. The van der Waals surface area contributed by atoms with Crippen molar-refractivity contribution in [3.63, 3.8) is 0 Å². The van der Waals surface area contributed by atoms with Crippen molar-refractivity contribution in [1.29, 1.82) is 0 Å². The van der Waals surface area contributed by atoms with Gasteiger partial charge >= 0.3 is 0 Å². The summed E-state index contributed by atoms with van der Waals surface area (Å²) in [6, 6.07) is 7.94. The van der Waals surface area contributed by atoms with Crippen molar-refractivity contribution in [3.05, 3.63) is 29.8 Å². The first-order valence-corrected chi connectivity index (χ1v) is 9.34. The van der Waals surface area contributed by atoms with Crippen LogP contribution >= 0.6 is 0 Å². The zero-order chi connectivity index (χ0) is 16.7. The van der Waals surface area contributed by atoms with Crippen LogP contribution in [-0.2, 0) is 9.59 Å². The van der Waals surface area contributed by atoms with Crippen molar-refractivity contribution in [1.82, 2.24) is 4.90 Å². The van der Waals surface area contributed by atoms with E-state index >= 15 is 0 Å². The average molecular weight is 326 g/mol. The first-order chi connectivity index (χ1) is 11.6. The van der Waals surface area contributed by atoms with Gasteiger partial charge in [0, 0.05) is 6.04 Å². The molecule has 1 aliphatic carbocycles. The normalized spacial score (nSPS) is 31.4. The summed E-state index contributed by atoms with van der Waals surface area (Å²) in [7, 11) is 0. The number of benzene rings is 1. The number of nitrogens with zero attached hydrogens (tertiary/aromatic N) is 2. The first-order valence-electron chi connectivity index (χ1n) is 9.34. The molecule has 0 aromatic heterocycles. The van der Waals surface area contributed by atoms with Gasteiger partial charge in [0.1, 0.15) is 0 Å². The van der Waals surface area contributed by atoms with Crippen LogP contribution in [0.5, 0.6) is 0 Å². The molecule has 0 spiro atoms. The minimum absolute atomic E-state index is 0.0184. The fourth-order valence-electron chi connectivity index (χ4n) is 4.89. The second-order valence-electron chi connectivity index (χ2n) is 7.61. The van der Waals surface area contributed by atoms with Gasteiger partial charge in [-0.2, -0.15) is 0 Å². The highest BCUT2D eigenvalue weighted by Gasteiger charge is 2.47. The molecule has 3 atom stereocenters. The van der Waals surface area contributed by atoms with Gasteiger partial charge in [-0.15, -0.1) is 0 Å². The summed E-state index contributed by atoms with van der Waals surface area (Å²) in [4.78, 5) is 29.4. The minimum Gasteiger partial charge on any atom is -0.288 e. The number of carbonyl (C=O) groups is 2. The Morgan fingerprint density at radius 2 is 1.67 bits per heavy atom. The highest BCUT2D eigenvalue weighted by Crippen LogP contribution is 2.38. The smallest absolute Gasteiger partial charge is 0.251 e. The van der Waals surface area contributed by atoms with Crippen molar-refractivity contribution < 1.29 is 9.59 Å². The Balaban J connectivity index is 1.57. The standard InChI is InChI=1S/C20H26N2O2/c1-14-8-10-16(11-9-14)22-19(23)13-18(20(22)24)21-12-4-6-15-5-2-3-7-17(15)21/h8-11,15,17-18H,2-7,12-13H2,1H3/t15-,17+,18-/m1/s1. The number of aryl methyl sites for hydroxylation is 1. The molecule has 2 heterocycles. The molecule has 0 radical (unpaired) electrons. The molecule has 0 bridgehead atoms. The maximum Gasteiger partial charge on any atom is 0.251 e. The Labute approximate surface area is 143 Å². The molecule has 2 amide bonds. The van der Waals surface area contributed by atoms with Crippen molar-refractivity contribution in [2.75, 3.05) is 11.4 Å². The van der Waals surface area contributed by atoms with Crippen LogP contribution in [0.1, 0.15) is 50.5 Å². The second-order valence-corrected chi connectivity index (χ2v) is 7.61. The number of fused-ring (bicyclic) bond motifs is 1. The van der Waals surface area contributed by atoms with Crippen LogP contribution in [0.2, 0.25) is 0 Å². The van der Waals surface area contributed by atoms with Gasteiger partial charge in [-0.3, -0.25) is 14.5 Å². The Bertz CT molecular complexity index is 638. The van der Waals surface area contributed by atoms with E-state index in [9.17, 15) is 9.59 Å². The van der Waals surface area contributed by atoms with E-state index in [1.807, 2.05) is 31.2 Å². The third kappa shape index (κ3) is 2.67. The summed E-state index contributed by atoms with van der Waals surface area (Å²) in [5.41, 5.74) is 1.85. The monoisotopic (exact) mass is 326 g/mol. The van der Waals surface area contributed by atoms with E-state index in [2.05, 4.69) is 4.90 Å². The Kier molecular flexibility index (Phi) is 4.17. The maximum absolute atomic E-state index is 13.0. The van der Waals surface area contributed by atoms with Crippen LogP contribution < -0.4 is 4.90 Å². The number of rotatable bonds is 2. The second kappa shape index (κ2) is 6.32. The van der Waals surface area contributed by atoms with Crippen LogP contribution in [0.25, 0.3) is 0 Å². The molecular weight excluding hydrogens is 300 g/mol. The van der Waals surface area contributed by atoms with E-state index in [1.165, 1.54) is 37.0 Å². The molecule has 4 rings (SSSR count). The van der Waals surface area contributed by atoms with Gasteiger partial charge in [-0.25, -0.2) is 4.90 Å². The summed E-state index contributed by atoms with van der Waals surface area (Å²) in [6.45, 7) is 2.98. The molecule has 3 aliphatic rings. The molecule has 4 nitrogen and oxygen atoms in total. The van der Waals surface area contributed by atoms with Crippen LogP contribution in [0.15, 0.2) is 24.3 Å². The Hall–Kier alpha value is -1.68. The Morgan fingerprint density at radius 1 is 0.958 bits per heavy atom. The number of piperidine rings is 1. The molecule has 1 saturated carbocycles. The fraction of sp³-hybridized carbons (Fsp3) is 0.600.